The lowest BCUT2D eigenvalue weighted by molar-refractivity contribution is 0.0945. The zero-order valence-electron chi connectivity index (χ0n) is 9.99. The Morgan fingerprint density at radius 2 is 2.29 bits per heavy atom. The third kappa shape index (κ3) is 2.64. The average Bonchev–Trinajstić information content (AvgIpc) is 2.76. The molecule has 2 aromatic rings. The molecule has 17 heavy (non-hydrogen) atoms. The van der Waals surface area contributed by atoms with E-state index in [-0.39, 0.29) is 11.9 Å². The lowest BCUT2D eigenvalue weighted by atomic mass is 10.1. The molecule has 1 aromatic heterocycles. The molecule has 0 aliphatic heterocycles. The number of amides is 1. The summed E-state index contributed by atoms with van der Waals surface area (Å²) in [6, 6.07) is 7.84. The normalized spacial score (nSPS) is 12.6. The molecule has 90 valence electrons. The number of hydrogen-bond donors (Lipinski definition) is 2. The van der Waals surface area contributed by atoms with Gasteiger partial charge in [-0.3, -0.25) is 4.79 Å². The minimum atomic E-state index is -0.00301. The SMILES string of the molecule is CSCC(C)NC(=O)c1cccc2[nH]ccc12. The second-order valence-corrected chi connectivity index (χ2v) is 4.99. The predicted molar refractivity (Wildman–Crippen MR) is 73.6 cm³/mol. The van der Waals surface area contributed by atoms with Gasteiger partial charge in [-0.25, -0.2) is 0 Å². The molecular weight excluding hydrogens is 232 g/mol. The molecule has 1 amide bonds. The topological polar surface area (TPSA) is 44.9 Å². The number of hydrogen-bond acceptors (Lipinski definition) is 2. The van der Waals surface area contributed by atoms with E-state index in [1.54, 1.807) is 11.8 Å². The number of aromatic amines is 1. The van der Waals surface area contributed by atoms with Gasteiger partial charge in [-0.05, 0) is 31.4 Å². The van der Waals surface area contributed by atoms with Crippen LogP contribution in [0.25, 0.3) is 10.9 Å². The minimum absolute atomic E-state index is 0.00301. The Balaban J connectivity index is 2.21. The van der Waals surface area contributed by atoms with Gasteiger partial charge in [-0.2, -0.15) is 11.8 Å². The molecule has 4 heteroatoms. The van der Waals surface area contributed by atoms with Gasteiger partial charge < -0.3 is 10.3 Å². The van der Waals surface area contributed by atoms with Crippen molar-refractivity contribution in [1.82, 2.24) is 10.3 Å². The largest absolute Gasteiger partial charge is 0.361 e. The molecule has 1 heterocycles. The Morgan fingerprint density at radius 1 is 1.47 bits per heavy atom. The molecule has 0 bridgehead atoms. The van der Waals surface area contributed by atoms with Gasteiger partial charge >= 0.3 is 0 Å². The third-order valence-electron chi connectivity index (χ3n) is 2.63. The maximum absolute atomic E-state index is 12.1. The fourth-order valence-corrected chi connectivity index (χ4v) is 2.46. The molecule has 2 rings (SSSR count). The number of nitrogens with one attached hydrogen (secondary N) is 2. The summed E-state index contributed by atoms with van der Waals surface area (Å²) < 4.78 is 0. The van der Waals surface area contributed by atoms with Gasteiger partial charge in [-0.15, -0.1) is 0 Å². The highest BCUT2D eigenvalue weighted by Crippen LogP contribution is 2.17. The van der Waals surface area contributed by atoms with Crippen LogP contribution in [0.2, 0.25) is 0 Å². The molecule has 3 nitrogen and oxygen atoms in total. The first-order valence-corrected chi connectivity index (χ1v) is 6.97. The van der Waals surface area contributed by atoms with Crippen LogP contribution in [0.1, 0.15) is 17.3 Å². The van der Waals surface area contributed by atoms with E-state index >= 15 is 0 Å². The van der Waals surface area contributed by atoms with Crippen molar-refractivity contribution in [2.75, 3.05) is 12.0 Å². The Kier molecular flexibility index (Phi) is 3.74. The Hall–Kier alpha value is -1.42. The smallest absolute Gasteiger partial charge is 0.252 e. The van der Waals surface area contributed by atoms with Crippen LogP contribution in [-0.4, -0.2) is 28.9 Å². The van der Waals surface area contributed by atoms with Gasteiger partial charge in [0.2, 0.25) is 0 Å². The number of aromatic nitrogens is 1. The zero-order valence-corrected chi connectivity index (χ0v) is 10.8. The predicted octanol–water partition coefficient (Wildman–Crippen LogP) is 2.65. The molecule has 0 saturated heterocycles. The highest BCUT2D eigenvalue weighted by molar-refractivity contribution is 7.98. The maximum Gasteiger partial charge on any atom is 0.252 e. The molecule has 0 aliphatic rings. The van der Waals surface area contributed by atoms with Crippen LogP contribution < -0.4 is 5.32 Å². The van der Waals surface area contributed by atoms with Crippen molar-refractivity contribution in [3.8, 4) is 0 Å². The summed E-state index contributed by atoms with van der Waals surface area (Å²) in [5.74, 6) is 0.922. The molecule has 0 radical (unpaired) electrons. The molecule has 0 fully saturated rings. The summed E-state index contributed by atoms with van der Waals surface area (Å²) in [6.45, 7) is 2.02. The summed E-state index contributed by atoms with van der Waals surface area (Å²) in [7, 11) is 0. The van der Waals surface area contributed by atoms with Crippen molar-refractivity contribution < 1.29 is 4.79 Å². The van der Waals surface area contributed by atoms with Crippen molar-refractivity contribution >= 4 is 28.6 Å². The van der Waals surface area contributed by atoms with E-state index in [0.717, 1.165) is 22.2 Å². The third-order valence-corrected chi connectivity index (χ3v) is 3.47. The van der Waals surface area contributed by atoms with E-state index in [2.05, 4.69) is 10.3 Å². The first kappa shape index (κ1) is 12.0. The maximum atomic E-state index is 12.1. The second-order valence-electron chi connectivity index (χ2n) is 4.07. The van der Waals surface area contributed by atoms with Crippen molar-refractivity contribution in [2.45, 2.75) is 13.0 Å². The number of rotatable bonds is 4. The van der Waals surface area contributed by atoms with Gasteiger partial charge in [0, 0.05) is 34.5 Å². The summed E-state index contributed by atoms with van der Waals surface area (Å²) in [5.41, 5.74) is 1.73. The first-order chi connectivity index (χ1) is 8.22. The van der Waals surface area contributed by atoms with Crippen molar-refractivity contribution in [3.63, 3.8) is 0 Å². The van der Waals surface area contributed by atoms with Crippen LogP contribution >= 0.6 is 11.8 Å². The van der Waals surface area contributed by atoms with E-state index in [4.69, 9.17) is 0 Å². The minimum Gasteiger partial charge on any atom is -0.361 e. The Bertz CT molecular complexity index is 521. The molecule has 1 aromatic carbocycles. The molecular formula is C13H16N2OS. The average molecular weight is 248 g/mol. The number of H-pyrrole nitrogens is 1. The number of thioether (sulfide) groups is 1. The van der Waals surface area contributed by atoms with Gasteiger partial charge in [0.1, 0.15) is 0 Å². The molecule has 2 N–H and O–H groups in total. The standard InChI is InChI=1S/C13H16N2OS/c1-9(8-17-2)15-13(16)11-4-3-5-12-10(11)6-7-14-12/h3-7,9,14H,8H2,1-2H3,(H,15,16). The Morgan fingerprint density at radius 3 is 3.06 bits per heavy atom. The van der Waals surface area contributed by atoms with Gasteiger partial charge in [0.25, 0.3) is 5.91 Å². The van der Waals surface area contributed by atoms with E-state index in [1.165, 1.54) is 0 Å². The van der Waals surface area contributed by atoms with Gasteiger partial charge in [0.05, 0.1) is 0 Å². The number of benzene rings is 1. The number of fused-ring (bicyclic) bond motifs is 1. The highest BCUT2D eigenvalue weighted by atomic mass is 32.2. The fraction of sp³-hybridized carbons (Fsp3) is 0.308. The highest BCUT2D eigenvalue weighted by Gasteiger charge is 2.12. The first-order valence-electron chi connectivity index (χ1n) is 5.58. The van der Waals surface area contributed by atoms with Gasteiger partial charge in [0.15, 0.2) is 0 Å². The summed E-state index contributed by atoms with van der Waals surface area (Å²) in [5, 5.41) is 3.98. The van der Waals surface area contributed by atoms with Crippen molar-refractivity contribution in [1.29, 1.82) is 0 Å². The molecule has 0 saturated carbocycles. The van der Waals surface area contributed by atoms with Crippen LogP contribution in [0.3, 0.4) is 0 Å². The second kappa shape index (κ2) is 5.27. The van der Waals surface area contributed by atoms with Crippen LogP contribution in [0.4, 0.5) is 0 Å². The zero-order chi connectivity index (χ0) is 12.3. The molecule has 0 aliphatic carbocycles. The number of carbonyl (C=O) groups is 1. The molecule has 0 spiro atoms. The van der Waals surface area contributed by atoms with Crippen LogP contribution in [-0.2, 0) is 0 Å². The van der Waals surface area contributed by atoms with E-state index in [9.17, 15) is 4.79 Å². The van der Waals surface area contributed by atoms with Crippen LogP contribution in [0.15, 0.2) is 30.5 Å². The summed E-state index contributed by atoms with van der Waals surface area (Å²) >= 11 is 1.73. The quantitative estimate of drug-likeness (QED) is 0.873. The number of carbonyl (C=O) groups excluding carboxylic acids is 1. The molecule has 1 unspecified atom stereocenters. The van der Waals surface area contributed by atoms with Crippen molar-refractivity contribution in [3.05, 3.63) is 36.0 Å². The summed E-state index contributed by atoms with van der Waals surface area (Å²) in [6.07, 6.45) is 3.89. The van der Waals surface area contributed by atoms with Crippen LogP contribution in [0.5, 0.6) is 0 Å². The summed E-state index contributed by atoms with van der Waals surface area (Å²) in [4.78, 5) is 15.2. The lowest BCUT2D eigenvalue weighted by Crippen LogP contribution is -2.34. The van der Waals surface area contributed by atoms with Crippen LogP contribution in [0, 0.1) is 0 Å². The Labute approximate surface area is 105 Å². The van der Waals surface area contributed by atoms with E-state index in [0.29, 0.717) is 0 Å². The van der Waals surface area contributed by atoms with E-state index in [1.807, 2.05) is 43.6 Å². The lowest BCUT2D eigenvalue weighted by Gasteiger charge is -2.12. The van der Waals surface area contributed by atoms with Gasteiger partial charge in [-0.1, -0.05) is 6.07 Å². The van der Waals surface area contributed by atoms with E-state index < -0.39 is 0 Å². The molecule has 1 atom stereocenters. The monoisotopic (exact) mass is 248 g/mol. The van der Waals surface area contributed by atoms with Crippen molar-refractivity contribution in [2.24, 2.45) is 0 Å². The fourth-order valence-electron chi connectivity index (χ4n) is 1.88.